The zero-order valence-corrected chi connectivity index (χ0v) is 11.6. The molecule has 0 aromatic carbocycles. The SMILES string of the molecule is COCCNC(=O)NC(=O)CSc1nc(N)cc(=O)[nH]1. The second-order valence-electron chi connectivity index (χ2n) is 3.56. The first kappa shape index (κ1) is 16.0. The Morgan fingerprint density at radius 3 is 2.95 bits per heavy atom. The first-order valence-electron chi connectivity index (χ1n) is 5.57. The molecule has 0 aliphatic carbocycles. The van der Waals surface area contributed by atoms with Crippen LogP contribution < -0.4 is 21.9 Å². The minimum atomic E-state index is -0.610. The molecule has 5 N–H and O–H groups in total. The fraction of sp³-hybridized carbons (Fsp3) is 0.400. The van der Waals surface area contributed by atoms with Gasteiger partial charge in [0.1, 0.15) is 5.82 Å². The zero-order chi connectivity index (χ0) is 15.0. The van der Waals surface area contributed by atoms with E-state index in [2.05, 4.69) is 20.6 Å². The number of ether oxygens (including phenoxy) is 1. The van der Waals surface area contributed by atoms with Gasteiger partial charge in [0.05, 0.1) is 12.4 Å². The number of imide groups is 1. The number of thioether (sulfide) groups is 1. The number of urea groups is 1. The highest BCUT2D eigenvalue weighted by atomic mass is 32.2. The third-order valence-electron chi connectivity index (χ3n) is 1.92. The maximum Gasteiger partial charge on any atom is 0.321 e. The summed E-state index contributed by atoms with van der Waals surface area (Å²) >= 11 is 0.964. The molecule has 1 rings (SSSR count). The van der Waals surface area contributed by atoms with Crippen LogP contribution in [0.4, 0.5) is 10.6 Å². The topological polar surface area (TPSA) is 139 Å². The Hall–Kier alpha value is -2.07. The van der Waals surface area contributed by atoms with E-state index in [0.717, 1.165) is 17.8 Å². The third kappa shape index (κ3) is 6.20. The fourth-order valence-corrected chi connectivity index (χ4v) is 1.81. The van der Waals surface area contributed by atoms with Gasteiger partial charge in [-0.25, -0.2) is 9.78 Å². The van der Waals surface area contributed by atoms with Crippen molar-refractivity contribution in [3.8, 4) is 0 Å². The van der Waals surface area contributed by atoms with Gasteiger partial charge in [-0.15, -0.1) is 0 Å². The summed E-state index contributed by atoms with van der Waals surface area (Å²) in [6, 6.07) is 0.523. The molecule has 9 nitrogen and oxygen atoms in total. The van der Waals surface area contributed by atoms with Gasteiger partial charge >= 0.3 is 6.03 Å². The summed E-state index contributed by atoms with van der Waals surface area (Å²) in [6.45, 7) is 0.650. The number of aromatic nitrogens is 2. The molecule has 0 atom stereocenters. The summed E-state index contributed by atoms with van der Waals surface area (Å²) < 4.78 is 4.74. The maximum atomic E-state index is 11.5. The number of nitrogens with one attached hydrogen (secondary N) is 3. The Labute approximate surface area is 118 Å². The quantitative estimate of drug-likeness (QED) is 0.297. The molecule has 20 heavy (non-hydrogen) atoms. The van der Waals surface area contributed by atoms with Crippen LogP contribution in [0.25, 0.3) is 0 Å². The predicted molar refractivity (Wildman–Crippen MR) is 73.4 cm³/mol. The van der Waals surface area contributed by atoms with Gasteiger partial charge in [0.2, 0.25) is 5.91 Å². The van der Waals surface area contributed by atoms with Crippen molar-refractivity contribution in [1.29, 1.82) is 0 Å². The van der Waals surface area contributed by atoms with E-state index in [9.17, 15) is 14.4 Å². The van der Waals surface area contributed by atoms with E-state index in [1.807, 2.05) is 0 Å². The van der Waals surface area contributed by atoms with Gasteiger partial charge in [-0.2, -0.15) is 0 Å². The van der Waals surface area contributed by atoms with E-state index in [0.29, 0.717) is 13.2 Å². The summed E-state index contributed by atoms with van der Waals surface area (Å²) in [5, 5.41) is 4.77. The van der Waals surface area contributed by atoms with Crippen LogP contribution in [0.2, 0.25) is 0 Å². The maximum absolute atomic E-state index is 11.5. The molecular weight excluding hydrogens is 286 g/mol. The lowest BCUT2D eigenvalue weighted by molar-refractivity contribution is -0.117. The van der Waals surface area contributed by atoms with E-state index in [-0.39, 0.29) is 16.7 Å². The van der Waals surface area contributed by atoms with Crippen molar-refractivity contribution in [3.63, 3.8) is 0 Å². The molecule has 0 spiro atoms. The molecule has 1 heterocycles. The van der Waals surface area contributed by atoms with Crippen molar-refractivity contribution in [2.75, 3.05) is 31.7 Å². The highest BCUT2D eigenvalue weighted by Gasteiger charge is 2.09. The summed E-state index contributed by atoms with van der Waals surface area (Å²) in [5.41, 5.74) is 4.99. The molecule has 0 aliphatic rings. The van der Waals surface area contributed by atoms with Gasteiger partial charge in [-0.05, 0) is 0 Å². The molecule has 0 fully saturated rings. The minimum absolute atomic E-state index is 0.0639. The van der Waals surface area contributed by atoms with Crippen molar-refractivity contribution in [3.05, 3.63) is 16.4 Å². The molecule has 3 amide bonds. The fourth-order valence-electron chi connectivity index (χ4n) is 1.13. The van der Waals surface area contributed by atoms with Crippen LogP contribution in [-0.4, -0.2) is 47.9 Å². The monoisotopic (exact) mass is 301 g/mol. The highest BCUT2D eigenvalue weighted by Crippen LogP contribution is 2.10. The molecule has 1 aromatic heterocycles. The number of H-pyrrole nitrogens is 1. The molecule has 0 bridgehead atoms. The number of aromatic amines is 1. The Morgan fingerprint density at radius 2 is 2.30 bits per heavy atom. The zero-order valence-electron chi connectivity index (χ0n) is 10.8. The molecular formula is C10H15N5O4S. The molecule has 10 heteroatoms. The van der Waals surface area contributed by atoms with Gasteiger partial charge < -0.3 is 20.8 Å². The number of nitrogens with two attached hydrogens (primary N) is 1. The Balaban J connectivity index is 2.35. The smallest absolute Gasteiger partial charge is 0.321 e. The average Bonchev–Trinajstić information content (AvgIpc) is 2.35. The van der Waals surface area contributed by atoms with Crippen molar-refractivity contribution >= 4 is 29.5 Å². The van der Waals surface area contributed by atoms with Crippen LogP contribution in [0, 0.1) is 0 Å². The van der Waals surface area contributed by atoms with Crippen molar-refractivity contribution < 1.29 is 14.3 Å². The lowest BCUT2D eigenvalue weighted by atomic mass is 10.6. The Kier molecular flexibility index (Phi) is 6.53. The van der Waals surface area contributed by atoms with Gasteiger partial charge in [0.15, 0.2) is 5.16 Å². The van der Waals surface area contributed by atoms with Crippen LogP contribution in [0.15, 0.2) is 16.0 Å². The number of anilines is 1. The first-order valence-corrected chi connectivity index (χ1v) is 6.56. The van der Waals surface area contributed by atoms with Gasteiger partial charge in [0.25, 0.3) is 5.56 Å². The number of carbonyl (C=O) groups is 2. The number of hydrogen-bond donors (Lipinski definition) is 4. The second kappa shape index (κ2) is 8.17. The molecule has 0 radical (unpaired) electrons. The van der Waals surface area contributed by atoms with Crippen molar-refractivity contribution in [2.45, 2.75) is 5.16 Å². The number of amides is 3. The van der Waals surface area contributed by atoms with Crippen molar-refractivity contribution in [2.24, 2.45) is 0 Å². The van der Waals surface area contributed by atoms with Gasteiger partial charge in [0, 0.05) is 19.7 Å². The molecule has 110 valence electrons. The van der Waals surface area contributed by atoms with E-state index >= 15 is 0 Å². The van der Waals surface area contributed by atoms with Gasteiger partial charge in [-0.1, -0.05) is 11.8 Å². The van der Waals surface area contributed by atoms with Crippen LogP contribution >= 0.6 is 11.8 Å². The van der Waals surface area contributed by atoms with Crippen LogP contribution in [-0.2, 0) is 9.53 Å². The van der Waals surface area contributed by atoms with Crippen LogP contribution in [0.3, 0.4) is 0 Å². The largest absolute Gasteiger partial charge is 0.383 e. The molecule has 0 saturated carbocycles. The number of methoxy groups -OCH3 is 1. The third-order valence-corrected chi connectivity index (χ3v) is 2.80. The number of nitrogens with zero attached hydrogens (tertiary/aromatic N) is 1. The Bertz CT molecular complexity index is 533. The number of nitrogen functional groups attached to an aromatic ring is 1. The number of carbonyl (C=O) groups excluding carboxylic acids is 2. The van der Waals surface area contributed by atoms with E-state index < -0.39 is 17.5 Å². The molecule has 0 unspecified atom stereocenters. The number of hydrogen-bond acceptors (Lipinski definition) is 7. The van der Waals surface area contributed by atoms with Crippen LogP contribution in [0.1, 0.15) is 0 Å². The predicted octanol–water partition coefficient (Wildman–Crippen LogP) is -1.08. The number of rotatable bonds is 6. The highest BCUT2D eigenvalue weighted by molar-refractivity contribution is 7.99. The summed E-state index contributed by atoms with van der Waals surface area (Å²) in [6.07, 6.45) is 0. The summed E-state index contributed by atoms with van der Waals surface area (Å²) in [7, 11) is 1.50. The minimum Gasteiger partial charge on any atom is -0.383 e. The molecule has 1 aromatic rings. The summed E-state index contributed by atoms with van der Waals surface area (Å²) in [5.74, 6) is -0.534. The van der Waals surface area contributed by atoms with E-state index in [4.69, 9.17) is 10.5 Å². The standard InChI is InChI=1S/C10H15N5O4S/c1-19-3-2-12-9(18)14-8(17)5-20-10-13-6(11)4-7(16)15-10/h4H,2-3,5H2,1H3,(H3,11,13,15,16)(H2,12,14,17,18). The van der Waals surface area contributed by atoms with Crippen LogP contribution in [0.5, 0.6) is 0 Å². The second-order valence-corrected chi connectivity index (χ2v) is 4.53. The lowest BCUT2D eigenvalue weighted by Gasteiger charge is -2.05. The first-order chi connectivity index (χ1) is 9.51. The van der Waals surface area contributed by atoms with Crippen molar-refractivity contribution in [1.82, 2.24) is 20.6 Å². The normalized spacial score (nSPS) is 10.1. The Morgan fingerprint density at radius 1 is 1.55 bits per heavy atom. The van der Waals surface area contributed by atoms with Gasteiger partial charge in [-0.3, -0.25) is 14.9 Å². The average molecular weight is 301 g/mol. The summed E-state index contributed by atoms with van der Waals surface area (Å²) in [4.78, 5) is 40.1. The van der Waals surface area contributed by atoms with E-state index in [1.165, 1.54) is 7.11 Å². The lowest BCUT2D eigenvalue weighted by Crippen LogP contribution is -2.41. The molecule has 0 aliphatic heterocycles. The molecule has 0 saturated heterocycles. The van der Waals surface area contributed by atoms with E-state index in [1.54, 1.807) is 0 Å².